The van der Waals surface area contributed by atoms with Gasteiger partial charge in [0.25, 0.3) is 0 Å². The molecule has 0 spiro atoms. The predicted molar refractivity (Wildman–Crippen MR) is 78.7 cm³/mol. The maximum atomic E-state index is 11.9. The van der Waals surface area contributed by atoms with Crippen molar-refractivity contribution in [3.05, 3.63) is 30.1 Å². The first-order valence-corrected chi connectivity index (χ1v) is 7.30. The zero-order chi connectivity index (χ0) is 15.7. The summed E-state index contributed by atoms with van der Waals surface area (Å²) in [4.78, 5) is 27.4. The number of esters is 2. The summed E-state index contributed by atoms with van der Waals surface area (Å²) < 4.78 is 10.2. The third kappa shape index (κ3) is 5.94. The van der Waals surface area contributed by atoms with Gasteiger partial charge >= 0.3 is 11.9 Å². The molecule has 0 radical (unpaired) electrons. The Labute approximate surface area is 125 Å². The largest absolute Gasteiger partial charge is 0.462 e. The lowest BCUT2D eigenvalue weighted by Crippen LogP contribution is -2.24. The van der Waals surface area contributed by atoms with Gasteiger partial charge in [-0.15, -0.1) is 0 Å². The summed E-state index contributed by atoms with van der Waals surface area (Å²) in [5.41, 5.74) is 0.384. The topological polar surface area (TPSA) is 65.5 Å². The van der Waals surface area contributed by atoms with Crippen LogP contribution in [0.5, 0.6) is 0 Å². The monoisotopic (exact) mass is 293 g/mol. The zero-order valence-electron chi connectivity index (χ0n) is 12.9. The number of carbonyl (C=O) groups excluding carboxylic acids is 2. The van der Waals surface area contributed by atoms with Gasteiger partial charge in [0.05, 0.1) is 11.5 Å². The molecule has 0 N–H and O–H groups in total. The average Bonchev–Trinajstić information content (AvgIpc) is 2.49. The van der Waals surface area contributed by atoms with Crippen molar-refractivity contribution < 1.29 is 19.1 Å². The first kappa shape index (κ1) is 17.1. The standard InChI is InChI=1S/C16H23NO4/c1-4-6-14(12(2)3)16(19)21-10-9-20-15(18)13-7-5-8-17-11-13/h5,7-8,11-12,14H,4,6,9-10H2,1-3H3. The van der Waals surface area contributed by atoms with Gasteiger partial charge in [-0.1, -0.05) is 27.2 Å². The van der Waals surface area contributed by atoms with E-state index in [1.54, 1.807) is 18.3 Å². The summed E-state index contributed by atoms with van der Waals surface area (Å²) in [7, 11) is 0. The van der Waals surface area contributed by atoms with Crippen molar-refractivity contribution in [3.63, 3.8) is 0 Å². The molecule has 0 aliphatic heterocycles. The van der Waals surface area contributed by atoms with Crippen LogP contribution in [-0.4, -0.2) is 30.1 Å². The summed E-state index contributed by atoms with van der Waals surface area (Å²) in [5, 5.41) is 0. The van der Waals surface area contributed by atoms with Crippen molar-refractivity contribution >= 4 is 11.9 Å². The molecule has 0 bridgehead atoms. The first-order chi connectivity index (χ1) is 10.1. The highest BCUT2D eigenvalue weighted by Crippen LogP contribution is 2.18. The van der Waals surface area contributed by atoms with E-state index in [0.717, 1.165) is 12.8 Å². The third-order valence-electron chi connectivity index (χ3n) is 3.17. The molecule has 1 rings (SSSR count). The minimum atomic E-state index is -0.465. The van der Waals surface area contributed by atoms with Crippen LogP contribution in [0.15, 0.2) is 24.5 Å². The summed E-state index contributed by atoms with van der Waals surface area (Å²) >= 11 is 0. The van der Waals surface area contributed by atoms with E-state index in [2.05, 4.69) is 4.98 Å². The molecule has 0 fully saturated rings. The van der Waals surface area contributed by atoms with Crippen molar-refractivity contribution in [1.82, 2.24) is 4.98 Å². The molecule has 0 aromatic carbocycles. The highest BCUT2D eigenvalue weighted by molar-refractivity contribution is 5.88. The Kier molecular flexibility index (Phi) is 7.43. The van der Waals surface area contributed by atoms with E-state index in [0.29, 0.717) is 5.56 Å². The Balaban J connectivity index is 2.30. The molecule has 116 valence electrons. The maximum absolute atomic E-state index is 11.9. The van der Waals surface area contributed by atoms with Gasteiger partial charge in [0.15, 0.2) is 0 Å². The molecule has 1 atom stereocenters. The van der Waals surface area contributed by atoms with E-state index in [-0.39, 0.29) is 31.0 Å². The van der Waals surface area contributed by atoms with E-state index < -0.39 is 5.97 Å². The molecule has 21 heavy (non-hydrogen) atoms. The fraction of sp³-hybridized carbons (Fsp3) is 0.562. The number of rotatable bonds is 8. The van der Waals surface area contributed by atoms with E-state index in [9.17, 15) is 9.59 Å². The SMILES string of the molecule is CCCC(C(=O)OCCOC(=O)c1cccnc1)C(C)C. The van der Waals surface area contributed by atoms with E-state index >= 15 is 0 Å². The minimum absolute atomic E-state index is 0.0520. The number of ether oxygens (including phenoxy) is 2. The van der Waals surface area contributed by atoms with Gasteiger partial charge in [0.1, 0.15) is 13.2 Å². The van der Waals surface area contributed by atoms with Crippen molar-refractivity contribution in [3.8, 4) is 0 Å². The van der Waals surface area contributed by atoms with Crippen LogP contribution in [-0.2, 0) is 14.3 Å². The van der Waals surface area contributed by atoms with E-state index in [4.69, 9.17) is 9.47 Å². The van der Waals surface area contributed by atoms with Crippen molar-refractivity contribution in [2.24, 2.45) is 11.8 Å². The lowest BCUT2D eigenvalue weighted by Gasteiger charge is -2.18. The second kappa shape index (κ2) is 9.10. The van der Waals surface area contributed by atoms with Crippen molar-refractivity contribution in [1.29, 1.82) is 0 Å². The maximum Gasteiger partial charge on any atom is 0.339 e. The normalized spacial score (nSPS) is 12.0. The number of carbonyl (C=O) groups is 2. The van der Waals surface area contributed by atoms with Gasteiger partial charge < -0.3 is 9.47 Å². The minimum Gasteiger partial charge on any atom is -0.462 e. The van der Waals surface area contributed by atoms with Gasteiger partial charge in [-0.2, -0.15) is 0 Å². The summed E-state index contributed by atoms with van der Waals surface area (Å²) in [6.45, 7) is 6.18. The number of aromatic nitrogens is 1. The molecule has 0 aliphatic carbocycles. The summed E-state index contributed by atoms with van der Waals surface area (Å²) in [5.74, 6) is -0.531. The molecule has 0 aliphatic rings. The third-order valence-corrected chi connectivity index (χ3v) is 3.17. The lowest BCUT2D eigenvalue weighted by atomic mass is 9.92. The zero-order valence-corrected chi connectivity index (χ0v) is 12.9. The Morgan fingerprint density at radius 3 is 2.52 bits per heavy atom. The van der Waals surface area contributed by atoms with Crippen LogP contribution < -0.4 is 0 Å². The molecule has 1 aromatic rings. The fourth-order valence-electron chi connectivity index (χ4n) is 1.98. The molecule has 0 amide bonds. The molecule has 5 nitrogen and oxygen atoms in total. The summed E-state index contributed by atoms with van der Waals surface area (Å²) in [6, 6.07) is 3.28. The first-order valence-electron chi connectivity index (χ1n) is 7.30. The smallest absolute Gasteiger partial charge is 0.339 e. The van der Waals surface area contributed by atoms with Gasteiger partial charge in [-0.3, -0.25) is 9.78 Å². The van der Waals surface area contributed by atoms with E-state index in [1.165, 1.54) is 6.20 Å². The highest BCUT2D eigenvalue weighted by Gasteiger charge is 2.22. The quantitative estimate of drug-likeness (QED) is 0.544. The van der Waals surface area contributed by atoms with Gasteiger partial charge in [-0.05, 0) is 24.5 Å². The van der Waals surface area contributed by atoms with Crippen LogP contribution in [0.4, 0.5) is 0 Å². The van der Waals surface area contributed by atoms with Crippen LogP contribution >= 0.6 is 0 Å². The Bertz CT molecular complexity index is 445. The molecule has 0 saturated heterocycles. The molecule has 5 heteroatoms. The predicted octanol–water partition coefficient (Wildman–Crippen LogP) is 2.85. The molecular formula is C16H23NO4. The van der Waals surface area contributed by atoms with Gasteiger partial charge in [0.2, 0.25) is 0 Å². The number of pyridine rings is 1. The van der Waals surface area contributed by atoms with Crippen molar-refractivity contribution in [2.75, 3.05) is 13.2 Å². The Morgan fingerprint density at radius 2 is 1.95 bits per heavy atom. The number of hydrogen-bond acceptors (Lipinski definition) is 5. The van der Waals surface area contributed by atoms with Crippen LogP contribution in [0.3, 0.4) is 0 Å². The fourth-order valence-corrected chi connectivity index (χ4v) is 1.98. The lowest BCUT2D eigenvalue weighted by molar-refractivity contribution is -0.151. The highest BCUT2D eigenvalue weighted by atomic mass is 16.6. The van der Waals surface area contributed by atoms with E-state index in [1.807, 2.05) is 20.8 Å². The van der Waals surface area contributed by atoms with Gasteiger partial charge in [0, 0.05) is 12.4 Å². The molecule has 0 saturated carbocycles. The Morgan fingerprint density at radius 1 is 1.24 bits per heavy atom. The van der Waals surface area contributed by atoms with Crippen LogP contribution in [0.2, 0.25) is 0 Å². The molecule has 1 aromatic heterocycles. The molecule has 1 heterocycles. The van der Waals surface area contributed by atoms with Crippen molar-refractivity contribution in [2.45, 2.75) is 33.6 Å². The van der Waals surface area contributed by atoms with Crippen LogP contribution in [0, 0.1) is 11.8 Å². The molecule has 1 unspecified atom stereocenters. The van der Waals surface area contributed by atoms with Crippen LogP contribution in [0.1, 0.15) is 44.0 Å². The number of hydrogen-bond donors (Lipinski definition) is 0. The second-order valence-electron chi connectivity index (χ2n) is 5.18. The average molecular weight is 293 g/mol. The molecular weight excluding hydrogens is 270 g/mol. The Hall–Kier alpha value is -1.91. The number of nitrogens with zero attached hydrogens (tertiary/aromatic N) is 1. The van der Waals surface area contributed by atoms with Gasteiger partial charge in [-0.25, -0.2) is 4.79 Å². The second-order valence-corrected chi connectivity index (χ2v) is 5.18. The summed E-state index contributed by atoms with van der Waals surface area (Å²) in [6.07, 6.45) is 4.77. The van der Waals surface area contributed by atoms with Crippen LogP contribution in [0.25, 0.3) is 0 Å².